The van der Waals surface area contributed by atoms with Gasteiger partial charge in [0.05, 0.1) is 17.0 Å². The summed E-state index contributed by atoms with van der Waals surface area (Å²) in [6.45, 7) is 1.80. The highest BCUT2D eigenvalue weighted by atomic mass is 35.5. The Morgan fingerprint density at radius 3 is 2.94 bits per heavy atom. The SMILES string of the molecule is CCOC(=O)c1c[n+]([O-])c2ccc(F)cc2c1Cl. The predicted molar refractivity (Wildman–Crippen MR) is 63.8 cm³/mol. The molecule has 2 aromatic rings. The maximum Gasteiger partial charge on any atom is 0.345 e. The number of hydrogen-bond acceptors (Lipinski definition) is 3. The van der Waals surface area contributed by atoms with Crippen molar-refractivity contribution in [2.24, 2.45) is 0 Å². The fraction of sp³-hybridized carbons (Fsp3) is 0.167. The second-order valence-corrected chi connectivity index (χ2v) is 3.94. The highest BCUT2D eigenvalue weighted by molar-refractivity contribution is 6.38. The number of fused-ring (bicyclic) bond motifs is 1. The van der Waals surface area contributed by atoms with Gasteiger partial charge in [0.15, 0.2) is 6.20 Å². The molecule has 2 rings (SSSR count). The molecule has 0 aliphatic rings. The molecule has 18 heavy (non-hydrogen) atoms. The fourth-order valence-corrected chi connectivity index (χ4v) is 1.89. The first-order valence-electron chi connectivity index (χ1n) is 5.22. The summed E-state index contributed by atoms with van der Waals surface area (Å²) in [6, 6.07) is 3.56. The second kappa shape index (κ2) is 4.78. The van der Waals surface area contributed by atoms with Gasteiger partial charge in [0, 0.05) is 6.07 Å². The monoisotopic (exact) mass is 269 g/mol. The normalized spacial score (nSPS) is 10.6. The molecule has 0 N–H and O–H groups in total. The molecule has 0 saturated heterocycles. The Labute approximate surface area is 107 Å². The summed E-state index contributed by atoms with van der Waals surface area (Å²) < 4.78 is 18.4. The van der Waals surface area contributed by atoms with Crippen molar-refractivity contribution in [3.05, 3.63) is 46.0 Å². The minimum absolute atomic E-state index is 0.00931. The van der Waals surface area contributed by atoms with Crippen molar-refractivity contribution in [2.45, 2.75) is 6.92 Å². The largest absolute Gasteiger partial charge is 0.618 e. The topological polar surface area (TPSA) is 53.2 Å². The molecule has 4 nitrogen and oxygen atoms in total. The quantitative estimate of drug-likeness (QED) is 0.478. The van der Waals surface area contributed by atoms with Crippen LogP contribution in [-0.4, -0.2) is 12.6 Å². The van der Waals surface area contributed by atoms with Crippen molar-refractivity contribution in [1.29, 1.82) is 0 Å². The predicted octanol–water partition coefficient (Wildman–Crippen LogP) is 2.44. The zero-order valence-corrected chi connectivity index (χ0v) is 10.2. The lowest BCUT2D eigenvalue weighted by molar-refractivity contribution is -0.577. The Balaban J connectivity index is 2.70. The average molecular weight is 270 g/mol. The molecule has 0 amide bonds. The number of rotatable bonds is 2. The van der Waals surface area contributed by atoms with Crippen molar-refractivity contribution >= 4 is 28.5 Å². The zero-order chi connectivity index (χ0) is 13.3. The molecule has 0 fully saturated rings. The van der Waals surface area contributed by atoms with Crippen molar-refractivity contribution in [1.82, 2.24) is 0 Å². The first-order valence-corrected chi connectivity index (χ1v) is 5.60. The average Bonchev–Trinajstić information content (AvgIpc) is 2.33. The van der Waals surface area contributed by atoms with Crippen LogP contribution in [-0.2, 0) is 4.74 Å². The standard InChI is InChI=1S/C12H9ClFNO3/c1-2-18-12(16)9-6-15(17)10-4-3-7(14)5-8(10)11(9)13/h3-6H,2H2,1H3. The van der Waals surface area contributed by atoms with E-state index in [9.17, 15) is 14.4 Å². The molecular formula is C12H9ClFNO3. The summed E-state index contributed by atoms with van der Waals surface area (Å²) in [5.41, 5.74) is 0.112. The first-order chi connectivity index (χ1) is 8.54. The lowest BCUT2D eigenvalue weighted by atomic mass is 10.1. The van der Waals surface area contributed by atoms with E-state index in [1.807, 2.05) is 0 Å². The van der Waals surface area contributed by atoms with Gasteiger partial charge in [-0.05, 0) is 19.1 Å². The van der Waals surface area contributed by atoms with Crippen LogP contribution < -0.4 is 4.73 Å². The molecule has 1 aromatic heterocycles. The molecule has 0 bridgehead atoms. The Morgan fingerprint density at radius 1 is 1.56 bits per heavy atom. The third-order valence-electron chi connectivity index (χ3n) is 2.41. The molecule has 0 saturated carbocycles. The molecule has 0 spiro atoms. The van der Waals surface area contributed by atoms with Gasteiger partial charge in [0.1, 0.15) is 11.4 Å². The van der Waals surface area contributed by atoms with Gasteiger partial charge in [-0.1, -0.05) is 11.6 Å². The minimum Gasteiger partial charge on any atom is -0.618 e. The maximum atomic E-state index is 13.1. The van der Waals surface area contributed by atoms with Gasteiger partial charge in [-0.15, -0.1) is 0 Å². The van der Waals surface area contributed by atoms with Crippen LogP contribution >= 0.6 is 11.6 Å². The van der Waals surface area contributed by atoms with Crippen LogP contribution in [0.2, 0.25) is 5.02 Å². The third kappa shape index (κ3) is 2.09. The number of nitrogens with zero attached hydrogens (tertiary/aromatic N) is 1. The number of aromatic nitrogens is 1. The van der Waals surface area contributed by atoms with Crippen molar-refractivity contribution in [3.8, 4) is 0 Å². The highest BCUT2D eigenvalue weighted by Gasteiger charge is 2.20. The summed E-state index contributed by atoms with van der Waals surface area (Å²) in [6.07, 6.45) is 1.03. The third-order valence-corrected chi connectivity index (χ3v) is 2.82. The highest BCUT2D eigenvalue weighted by Crippen LogP contribution is 2.25. The van der Waals surface area contributed by atoms with Crippen LogP contribution in [0.3, 0.4) is 0 Å². The molecule has 0 aliphatic heterocycles. The van der Waals surface area contributed by atoms with Crippen molar-refractivity contribution in [2.75, 3.05) is 6.61 Å². The van der Waals surface area contributed by atoms with Crippen molar-refractivity contribution < 1.29 is 18.7 Å². The van der Waals surface area contributed by atoms with Crippen molar-refractivity contribution in [3.63, 3.8) is 0 Å². The van der Waals surface area contributed by atoms with E-state index in [0.29, 0.717) is 4.73 Å². The first kappa shape index (κ1) is 12.6. The number of halogens is 2. The zero-order valence-electron chi connectivity index (χ0n) is 9.44. The molecule has 0 radical (unpaired) electrons. The Morgan fingerprint density at radius 2 is 2.28 bits per heavy atom. The summed E-state index contributed by atoms with van der Waals surface area (Å²) in [7, 11) is 0. The molecule has 94 valence electrons. The van der Waals surface area contributed by atoms with Crippen LogP contribution in [0.4, 0.5) is 4.39 Å². The van der Waals surface area contributed by atoms with Crippen LogP contribution in [0.15, 0.2) is 24.4 Å². The summed E-state index contributed by atoms with van der Waals surface area (Å²) in [5.74, 6) is -1.25. The van der Waals surface area contributed by atoms with Gasteiger partial charge in [-0.3, -0.25) is 0 Å². The number of pyridine rings is 1. The lowest BCUT2D eigenvalue weighted by Gasteiger charge is -2.08. The minimum atomic E-state index is -0.710. The molecule has 0 unspecified atom stereocenters. The van der Waals surface area contributed by atoms with Gasteiger partial charge in [-0.25, -0.2) is 9.18 Å². The van der Waals surface area contributed by atoms with Gasteiger partial charge in [0.2, 0.25) is 5.52 Å². The molecule has 0 aliphatic carbocycles. The summed E-state index contributed by atoms with van der Waals surface area (Å²) in [5, 5.41) is 11.9. The van der Waals surface area contributed by atoms with E-state index in [1.54, 1.807) is 6.92 Å². The number of hydrogen-bond donors (Lipinski definition) is 0. The van der Waals surface area contributed by atoms with E-state index in [4.69, 9.17) is 16.3 Å². The Hall–Kier alpha value is -1.88. The summed E-state index contributed by atoms with van der Waals surface area (Å²) in [4.78, 5) is 11.6. The smallest absolute Gasteiger partial charge is 0.345 e. The lowest BCUT2D eigenvalue weighted by Crippen LogP contribution is -2.29. The Bertz CT molecular complexity index is 630. The van der Waals surface area contributed by atoms with E-state index in [0.717, 1.165) is 18.3 Å². The molecule has 1 aromatic carbocycles. The summed E-state index contributed by atoms with van der Waals surface area (Å²) >= 11 is 6.00. The van der Waals surface area contributed by atoms with Crippen LogP contribution in [0.25, 0.3) is 10.9 Å². The van der Waals surface area contributed by atoms with Gasteiger partial charge in [-0.2, -0.15) is 4.73 Å². The van der Waals surface area contributed by atoms with Gasteiger partial charge in [0.25, 0.3) is 0 Å². The maximum absolute atomic E-state index is 13.1. The number of esters is 1. The Kier molecular flexibility index (Phi) is 3.34. The van der Waals surface area contributed by atoms with Gasteiger partial charge >= 0.3 is 5.97 Å². The number of carbonyl (C=O) groups excluding carboxylic acids is 1. The number of ether oxygens (including phenoxy) is 1. The van der Waals surface area contributed by atoms with Crippen LogP contribution in [0.5, 0.6) is 0 Å². The van der Waals surface area contributed by atoms with Crippen LogP contribution in [0.1, 0.15) is 17.3 Å². The van der Waals surface area contributed by atoms with Gasteiger partial charge < -0.3 is 9.94 Å². The number of carbonyl (C=O) groups is 1. The van der Waals surface area contributed by atoms with E-state index >= 15 is 0 Å². The van der Waals surface area contributed by atoms with E-state index < -0.39 is 11.8 Å². The van der Waals surface area contributed by atoms with E-state index in [1.165, 1.54) is 6.07 Å². The van der Waals surface area contributed by atoms with E-state index in [2.05, 4.69) is 0 Å². The number of benzene rings is 1. The molecular weight excluding hydrogens is 261 g/mol. The second-order valence-electron chi connectivity index (χ2n) is 3.56. The van der Waals surface area contributed by atoms with E-state index in [-0.39, 0.29) is 28.1 Å². The van der Waals surface area contributed by atoms with Crippen LogP contribution in [0, 0.1) is 11.0 Å². The molecule has 6 heteroatoms. The fourth-order valence-electron chi connectivity index (χ4n) is 1.62. The molecule has 0 atom stereocenters. The molecule has 1 heterocycles.